The zero-order valence-electron chi connectivity index (χ0n) is 15.3. The van der Waals surface area contributed by atoms with E-state index in [1.807, 2.05) is 39.8 Å². The van der Waals surface area contributed by atoms with Crippen LogP contribution < -0.4 is 5.32 Å². The Morgan fingerprint density at radius 3 is 2.08 bits per heavy atom. The molecule has 0 aliphatic heterocycles. The third-order valence-electron chi connectivity index (χ3n) is 4.32. The maximum absolute atomic E-state index is 12.1. The third kappa shape index (κ3) is 4.72. The first-order chi connectivity index (χ1) is 12.0. The SMILES string of the molecule is CCC(CC)NC(=O)COC(=O)c1ccc(-n2c(C)ccc2C)cc1. The number of carbonyl (C=O) groups excluding carboxylic acids is 2. The monoisotopic (exact) mass is 342 g/mol. The van der Waals surface area contributed by atoms with Gasteiger partial charge in [-0.15, -0.1) is 0 Å². The number of ether oxygens (including phenoxy) is 1. The van der Waals surface area contributed by atoms with Crippen LogP contribution in [0.4, 0.5) is 0 Å². The van der Waals surface area contributed by atoms with Crippen molar-refractivity contribution in [1.82, 2.24) is 9.88 Å². The molecule has 1 heterocycles. The minimum Gasteiger partial charge on any atom is -0.452 e. The van der Waals surface area contributed by atoms with Crippen molar-refractivity contribution in [2.75, 3.05) is 6.61 Å². The quantitative estimate of drug-likeness (QED) is 0.783. The first-order valence-corrected chi connectivity index (χ1v) is 8.68. The zero-order valence-corrected chi connectivity index (χ0v) is 15.3. The van der Waals surface area contributed by atoms with Crippen molar-refractivity contribution in [3.63, 3.8) is 0 Å². The second-order valence-corrected chi connectivity index (χ2v) is 6.16. The smallest absolute Gasteiger partial charge is 0.338 e. The number of amides is 1. The van der Waals surface area contributed by atoms with Gasteiger partial charge in [-0.25, -0.2) is 4.79 Å². The average molecular weight is 342 g/mol. The third-order valence-corrected chi connectivity index (χ3v) is 4.32. The summed E-state index contributed by atoms with van der Waals surface area (Å²) in [6.45, 7) is 7.83. The van der Waals surface area contributed by atoms with Crippen LogP contribution in [-0.4, -0.2) is 29.1 Å². The van der Waals surface area contributed by atoms with Crippen molar-refractivity contribution in [1.29, 1.82) is 0 Å². The maximum atomic E-state index is 12.1. The van der Waals surface area contributed by atoms with E-state index in [0.29, 0.717) is 5.56 Å². The second kappa shape index (κ2) is 8.51. The molecule has 2 rings (SSSR count). The van der Waals surface area contributed by atoms with Crippen LogP contribution in [0.1, 0.15) is 48.4 Å². The summed E-state index contributed by atoms with van der Waals surface area (Å²) >= 11 is 0. The highest BCUT2D eigenvalue weighted by Crippen LogP contribution is 2.17. The molecule has 0 bridgehead atoms. The van der Waals surface area contributed by atoms with E-state index in [0.717, 1.165) is 29.9 Å². The Bertz CT molecular complexity index is 708. The van der Waals surface area contributed by atoms with Crippen LogP contribution in [0.15, 0.2) is 36.4 Å². The first kappa shape index (κ1) is 18.8. The molecule has 1 N–H and O–H groups in total. The molecule has 0 atom stereocenters. The van der Waals surface area contributed by atoms with Gasteiger partial charge in [-0.2, -0.15) is 0 Å². The molecule has 134 valence electrons. The normalized spacial score (nSPS) is 10.8. The van der Waals surface area contributed by atoms with Gasteiger partial charge in [0.05, 0.1) is 5.56 Å². The number of hydrogen-bond donors (Lipinski definition) is 1. The molecule has 1 aromatic heterocycles. The van der Waals surface area contributed by atoms with Crippen LogP contribution in [0.3, 0.4) is 0 Å². The summed E-state index contributed by atoms with van der Waals surface area (Å²) in [5, 5.41) is 2.84. The molecule has 0 saturated carbocycles. The van der Waals surface area contributed by atoms with Crippen molar-refractivity contribution in [2.24, 2.45) is 0 Å². The largest absolute Gasteiger partial charge is 0.452 e. The lowest BCUT2D eigenvalue weighted by atomic mass is 10.2. The van der Waals surface area contributed by atoms with Gasteiger partial charge < -0.3 is 14.6 Å². The van der Waals surface area contributed by atoms with Crippen LogP contribution >= 0.6 is 0 Å². The molecule has 0 saturated heterocycles. The molecule has 0 unspecified atom stereocenters. The lowest BCUT2D eigenvalue weighted by molar-refractivity contribution is -0.125. The Morgan fingerprint density at radius 2 is 1.56 bits per heavy atom. The Balaban J connectivity index is 1.96. The summed E-state index contributed by atoms with van der Waals surface area (Å²) in [4.78, 5) is 23.9. The van der Waals surface area contributed by atoms with E-state index in [1.54, 1.807) is 12.1 Å². The molecule has 0 aliphatic carbocycles. The standard InChI is InChI=1S/C20H26N2O3/c1-5-17(6-2)21-19(23)13-25-20(24)16-9-11-18(12-10-16)22-14(3)7-8-15(22)4/h7-12,17H,5-6,13H2,1-4H3,(H,21,23). The van der Waals surface area contributed by atoms with Crippen molar-refractivity contribution < 1.29 is 14.3 Å². The Kier molecular flexibility index (Phi) is 6.39. The van der Waals surface area contributed by atoms with Gasteiger partial charge in [0, 0.05) is 23.1 Å². The predicted molar refractivity (Wildman–Crippen MR) is 98.0 cm³/mol. The van der Waals surface area contributed by atoms with E-state index in [9.17, 15) is 9.59 Å². The summed E-state index contributed by atoms with van der Waals surface area (Å²) in [5.74, 6) is -0.760. The summed E-state index contributed by atoms with van der Waals surface area (Å²) < 4.78 is 7.21. The molecule has 1 amide bonds. The number of nitrogens with zero attached hydrogens (tertiary/aromatic N) is 1. The van der Waals surface area contributed by atoms with E-state index in [2.05, 4.69) is 22.0 Å². The van der Waals surface area contributed by atoms with Crippen molar-refractivity contribution in [3.05, 3.63) is 53.3 Å². The number of rotatable bonds is 7. The molecular formula is C20H26N2O3. The van der Waals surface area contributed by atoms with Gasteiger partial charge in [0.1, 0.15) is 0 Å². The van der Waals surface area contributed by atoms with Crippen LogP contribution in [-0.2, 0) is 9.53 Å². The molecule has 0 fully saturated rings. The molecule has 5 nitrogen and oxygen atoms in total. The molecule has 0 spiro atoms. The number of aromatic nitrogens is 1. The molecule has 0 radical (unpaired) electrons. The maximum Gasteiger partial charge on any atom is 0.338 e. The molecule has 0 aliphatic rings. The summed E-state index contributed by atoms with van der Waals surface area (Å²) in [6, 6.07) is 11.4. The fourth-order valence-electron chi connectivity index (χ4n) is 2.80. The van der Waals surface area contributed by atoms with Gasteiger partial charge in [0.15, 0.2) is 6.61 Å². The number of carbonyl (C=O) groups is 2. The van der Waals surface area contributed by atoms with E-state index in [-0.39, 0.29) is 18.6 Å². The topological polar surface area (TPSA) is 60.3 Å². The highest BCUT2D eigenvalue weighted by atomic mass is 16.5. The highest BCUT2D eigenvalue weighted by Gasteiger charge is 2.13. The number of hydrogen-bond acceptors (Lipinski definition) is 3. The van der Waals surface area contributed by atoms with Gasteiger partial charge >= 0.3 is 5.97 Å². The summed E-state index contributed by atoms with van der Waals surface area (Å²) in [6.07, 6.45) is 1.71. The Labute approximate surface area is 149 Å². The van der Waals surface area contributed by atoms with Gasteiger partial charge in [0.25, 0.3) is 5.91 Å². The molecule has 5 heteroatoms. The van der Waals surface area contributed by atoms with E-state index < -0.39 is 5.97 Å². The lowest BCUT2D eigenvalue weighted by Gasteiger charge is -2.14. The summed E-state index contributed by atoms with van der Waals surface area (Å²) in [5.41, 5.74) is 3.68. The number of nitrogens with one attached hydrogen (secondary N) is 1. The second-order valence-electron chi connectivity index (χ2n) is 6.16. The van der Waals surface area contributed by atoms with Crippen LogP contribution in [0, 0.1) is 13.8 Å². The van der Waals surface area contributed by atoms with Crippen molar-refractivity contribution in [2.45, 2.75) is 46.6 Å². The zero-order chi connectivity index (χ0) is 18.4. The van der Waals surface area contributed by atoms with E-state index >= 15 is 0 Å². The fraction of sp³-hybridized carbons (Fsp3) is 0.400. The molecule has 2 aromatic rings. The van der Waals surface area contributed by atoms with Crippen LogP contribution in [0.25, 0.3) is 5.69 Å². The predicted octanol–water partition coefficient (Wildman–Crippen LogP) is 3.56. The minimum atomic E-state index is -0.493. The van der Waals surface area contributed by atoms with Crippen molar-refractivity contribution >= 4 is 11.9 Å². The van der Waals surface area contributed by atoms with Crippen LogP contribution in [0.2, 0.25) is 0 Å². The summed E-state index contributed by atoms with van der Waals surface area (Å²) in [7, 11) is 0. The number of benzene rings is 1. The van der Waals surface area contributed by atoms with E-state index in [4.69, 9.17) is 4.74 Å². The van der Waals surface area contributed by atoms with Crippen molar-refractivity contribution in [3.8, 4) is 5.69 Å². The lowest BCUT2D eigenvalue weighted by Crippen LogP contribution is -2.36. The first-order valence-electron chi connectivity index (χ1n) is 8.68. The van der Waals surface area contributed by atoms with Gasteiger partial charge in [-0.3, -0.25) is 4.79 Å². The fourth-order valence-corrected chi connectivity index (χ4v) is 2.80. The van der Waals surface area contributed by atoms with Crippen LogP contribution in [0.5, 0.6) is 0 Å². The number of esters is 1. The van der Waals surface area contributed by atoms with Gasteiger partial charge in [0.2, 0.25) is 0 Å². The average Bonchev–Trinajstić information content (AvgIpc) is 2.96. The Morgan fingerprint density at radius 1 is 1.00 bits per heavy atom. The molecule has 1 aromatic carbocycles. The number of aryl methyl sites for hydroxylation is 2. The minimum absolute atomic E-state index is 0.124. The van der Waals surface area contributed by atoms with Gasteiger partial charge in [-0.05, 0) is 63.1 Å². The molecular weight excluding hydrogens is 316 g/mol. The van der Waals surface area contributed by atoms with E-state index in [1.165, 1.54) is 0 Å². The molecule has 25 heavy (non-hydrogen) atoms. The highest BCUT2D eigenvalue weighted by molar-refractivity contribution is 5.91. The Hall–Kier alpha value is -2.56. The van der Waals surface area contributed by atoms with Gasteiger partial charge in [-0.1, -0.05) is 13.8 Å².